The summed E-state index contributed by atoms with van der Waals surface area (Å²) < 4.78 is 1.05. The van der Waals surface area contributed by atoms with E-state index in [0.717, 1.165) is 29.5 Å². The second-order valence-corrected chi connectivity index (χ2v) is 5.45. The van der Waals surface area contributed by atoms with Gasteiger partial charge in [-0.25, -0.2) is 0 Å². The molecule has 0 N–H and O–H groups in total. The van der Waals surface area contributed by atoms with Gasteiger partial charge in [0.25, 0.3) is 0 Å². The molecule has 1 aliphatic rings. The number of amides is 1. The molecule has 1 unspecified atom stereocenters. The fraction of sp³-hybridized carbons (Fsp3) is 0.462. The Bertz CT molecular complexity index is 374. The summed E-state index contributed by atoms with van der Waals surface area (Å²) in [7, 11) is 0. The Morgan fingerprint density at radius 2 is 2.12 bits per heavy atom. The molecule has 1 heterocycles. The van der Waals surface area contributed by atoms with Crippen LogP contribution in [0, 0.1) is 5.92 Å². The number of benzene rings is 1. The van der Waals surface area contributed by atoms with Crippen LogP contribution in [0.25, 0.3) is 0 Å². The van der Waals surface area contributed by atoms with Crippen molar-refractivity contribution in [1.29, 1.82) is 0 Å². The van der Waals surface area contributed by atoms with Crippen molar-refractivity contribution in [1.82, 2.24) is 4.90 Å². The van der Waals surface area contributed by atoms with Gasteiger partial charge in [0.1, 0.15) is 0 Å². The summed E-state index contributed by atoms with van der Waals surface area (Å²) in [6, 6.07) is 7.97. The highest BCUT2D eigenvalue weighted by molar-refractivity contribution is 9.10. The molecule has 1 fully saturated rings. The summed E-state index contributed by atoms with van der Waals surface area (Å²) in [4.78, 5) is 13.9. The number of hydrogen-bond acceptors (Lipinski definition) is 1. The first-order valence-electron chi connectivity index (χ1n) is 5.67. The van der Waals surface area contributed by atoms with Crippen molar-refractivity contribution in [2.24, 2.45) is 5.92 Å². The highest BCUT2D eigenvalue weighted by Gasteiger charge is 2.22. The minimum absolute atomic E-state index is 0.256. The molecule has 1 saturated heterocycles. The summed E-state index contributed by atoms with van der Waals surface area (Å²) >= 11 is 3.39. The molecule has 3 heteroatoms. The Hall–Kier alpha value is -0.830. The maximum absolute atomic E-state index is 12.0. The quantitative estimate of drug-likeness (QED) is 0.816. The van der Waals surface area contributed by atoms with E-state index >= 15 is 0 Å². The van der Waals surface area contributed by atoms with Crippen LogP contribution in [-0.4, -0.2) is 23.9 Å². The maximum atomic E-state index is 12.0. The summed E-state index contributed by atoms with van der Waals surface area (Å²) in [5.41, 5.74) is 1.09. The average Bonchev–Trinajstić information content (AvgIpc) is 2.68. The molecule has 0 aliphatic carbocycles. The first kappa shape index (κ1) is 11.6. The molecule has 1 aromatic rings. The Labute approximate surface area is 105 Å². The van der Waals surface area contributed by atoms with Crippen LogP contribution in [0.1, 0.15) is 18.9 Å². The Kier molecular flexibility index (Phi) is 3.64. The molecule has 0 aromatic heterocycles. The van der Waals surface area contributed by atoms with E-state index in [1.807, 2.05) is 29.2 Å². The zero-order valence-electron chi connectivity index (χ0n) is 9.45. The lowest BCUT2D eigenvalue weighted by atomic mass is 10.1. The molecule has 1 amide bonds. The van der Waals surface area contributed by atoms with Gasteiger partial charge >= 0.3 is 0 Å². The van der Waals surface area contributed by atoms with Crippen molar-refractivity contribution in [3.8, 4) is 0 Å². The van der Waals surface area contributed by atoms with Gasteiger partial charge in [-0.3, -0.25) is 4.79 Å². The highest BCUT2D eigenvalue weighted by atomic mass is 79.9. The molecule has 16 heavy (non-hydrogen) atoms. The number of carbonyl (C=O) groups excluding carboxylic acids is 1. The molecular weight excluding hydrogens is 266 g/mol. The molecule has 1 aliphatic heterocycles. The van der Waals surface area contributed by atoms with Crippen LogP contribution in [0.4, 0.5) is 0 Å². The standard InChI is InChI=1S/C13H16BrNO/c1-10-6-7-15(9-10)13(16)8-11-2-4-12(14)5-3-11/h2-5,10H,6-9H2,1H3. The largest absolute Gasteiger partial charge is 0.342 e. The minimum atomic E-state index is 0.256. The third-order valence-corrected chi connectivity index (χ3v) is 3.57. The first-order chi connectivity index (χ1) is 7.65. The number of likely N-dealkylation sites (tertiary alicyclic amines) is 1. The van der Waals surface area contributed by atoms with Crippen molar-refractivity contribution in [2.75, 3.05) is 13.1 Å². The molecule has 1 atom stereocenters. The van der Waals surface area contributed by atoms with Gasteiger partial charge in [-0.2, -0.15) is 0 Å². The van der Waals surface area contributed by atoms with Gasteiger partial charge in [0.05, 0.1) is 6.42 Å². The van der Waals surface area contributed by atoms with E-state index in [1.165, 1.54) is 0 Å². The Balaban J connectivity index is 1.94. The fourth-order valence-corrected chi connectivity index (χ4v) is 2.31. The van der Waals surface area contributed by atoms with Crippen LogP contribution in [0.15, 0.2) is 28.7 Å². The van der Waals surface area contributed by atoms with Crippen LogP contribution in [-0.2, 0) is 11.2 Å². The summed E-state index contributed by atoms with van der Waals surface area (Å²) in [5.74, 6) is 0.917. The minimum Gasteiger partial charge on any atom is -0.342 e. The number of carbonyl (C=O) groups is 1. The second-order valence-electron chi connectivity index (χ2n) is 4.54. The highest BCUT2D eigenvalue weighted by Crippen LogP contribution is 2.17. The Morgan fingerprint density at radius 1 is 1.44 bits per heavy atom. The van der Waals surface area contributed by atoms with Crippen molar-refractivity contribution < 1.29 is 4.79 Å². The van der Waals surface area contributed by atoms with Crippen LogP contribution >= 0.6 is 15.9 Å². The van der Waals surface area contributed by atoms with Crippen molar-refractivity contribution in [3.05, 3.63) is 34.3 Å². The number of nitrogens with zero attached hydrogens (tertiary/aromatic N) is 1. The van der Waals surface area contributed by atoms with Gasteiger partial charge in [-0.05, 0) is 30.0 Å². The van der Waals surface area contributed by atoms with Gasteiger partial charge in [0, 0.05) is 17.6 Å². The molecule has 2 rings (SSSR count). The second kappa shape index (κ2) is 5.00. The molecule has 86 valence electrons. The van der Waals surface area contributed by atoms with Gasteiger partial charge in [-0.1, -0.05) is 35.0 Å². The predicted octanol–water partition coefficient (Wildman–Crippen LogP) is 2.86. The van der Waals surface area contributed by atoms with E-state index in [4.69, 9.17) is 0 Å². The third-order valence-electron chi connectivity index (χ3n) is 3.05. The molecular formula is C13H16BrNO. The number of hydrogen-bond donors (Lipinski definition) is 0. The van der Waals surface area contributed by atoms with Crippen molar-refractivity contribution in [2.45, 2.75) is 19.8 Å². The van der Waals surface area contributed by atoms with Crippen LogP contribution in [0.3, 0.4) is 0 Å². The first-order valence-corrected chi connectivity index (χ1v) is 6.46. The topological polar surface area (TPSA) is 20.3 Å². The predicted molar refractivity (Wildman–Crippen MR) is 68.2 cm³/mol. The lowest BCUT2D eigenvalue weighted by molar-refractivity contribution is -0.129. The molecule has 0 bridgehead atoms. The molecule has 0 saturated carbocycles. The summed E-state index contributed by atoms with van der Waals surface area (Å²) in [5, 5.41) is 0. The van der Waals surface area contributed by atoms with Crippen LogP contribution in [0.5, 0.6) is 0 Å². The van der Waals surface area contributed by atoms with E-state index < -0.39 is 0 Å². The SMILES string of the molecule is CC1CCN(C(=O)Cc2ccc(Br)cc2)C1. The van der Waals surface area contributed by atoms with E-state index in [-0.39, 0.29) is 5.91 Å². The van der Waals surface area contributed by atoms with Gasteiger partial charge < -0.3 is 4.90 Å². The van der Waals surface area contributed by atoms with Crippen molar-refractivity contribution >= 4 is 21.8 Å². The Morgan fingerprint density at radius 3 is 2.69 bits per heavy atom. The van der Waals surface area contributed by atoms with Crippen LogP contribution < -0.4 is 0 Å². The lowest BCUT2D eigenvalue weighted by Gasteiger charge is -2.15. The molecule has 1 aromatic carbocycles. The number of halogens is 1. The molecule has 0 spiro atoms. The smallest absolute Gasteiger partial charge is 0.226 e. The fourth-order valence-electron chi connectivity index (χ4n) is 2.05. The van der Waals surface area contributed by atoms with E-state index in [0.29, 0.717) is 12.3 Å². The van der Waals surface area contributed by atoms with Crippen LogP contribution in [0.2, 0.25) is 0 Å². The molecule has 2 nitrogen and oxygen atoms in total. The van der Waals surface area contributed by atoms with E-state index in [1.54, 1.807) is 0 Å². The summed E-state index contributed by atoms with van der Waals surface area (Å²) in [6.07, 6.45) is 1.67. The number of rotatable bonds is 2. The third kappa shape index (κ3) is 2.85. The maximum Gasteiger partial charge on any atom is 0.226 e. The van der Waals surface area contributed by atoms with Crippen molar-refractivity contribution in [3.63, 3.8) is 0 Å². The van der Waals surface area contributed by atoms with Gasteiger partial charge in [-0.15, -0.1) is 0 Å². The van der Waals surface area contributed by atoms with E-state index in [2.05, 4.69) is 22.9 Å². The lowest BCUT2D eigenvalue weighted by Crippen LogP contribution is -2.29. The zero-order valence-corrected chi connectivity index (χ0v) is 11.0. The van der Waals surface area contributed by atoms with Gasteiger partial charge in [0.15, 0.2) is 0 Å². The summed E-state index contributed by atoms with van der Waals surface area (Å²) in [6.45, 7) is 4.05. The van der Waals surface area contributed by atoms with E-state index in [9.17, 15) is 4.79 Å². The normalized spacial score (nSPS) is 20.1. The average molecular weight is 282 g/mol. The van der Waals surface area contributed by atoms with Gasteiger partial charge in [0.2, 0.25) is 5.91 Å². The monoisotopic (exact) mass is 281 g/mol. The zero-order chi connectivity index (χ0) is 11.5. The molecule has 0 radical (unpaired) electrons.